The Balaban J connectivity index is 2.12. The van der Waals surface area contributed by atoms with Gasteiger partial charge in [-0.1, -0.05) is 6.07 Å². The zero-order valence-corrected chi connectivity index (χ0v) is 18.8. The molecule has 0 aliphatic rings. The lowest BCUT2D eigenvalue weighted by molar-refractivity contribution is 0.0697. The second-order valence-corrected chi connectivity index (χ2v) is 8.62. The molecule has 0 saturated carbocycles. The molecule has 0 fully saturated rings. The van der Waals surface area contributed by atoms with Gasteiger partial charge < -0.3 is 24.6 Å². The molecule has 0 aromatic heterocycles. The average Bonchev–Trinajstić information content (AvgIpc) is 2.73. The Hall–Kier alpha value is -2.82. The monoisotopic (exact) mass is 452 g/mol. The number of hydrogen-bond donors (Lipinski definition) is 3. The van der Waals surface area contributed by atoms with Crippen molar-refractivity contribution in [2.75, 3.05) is 39.8 Å². The smallest absolute Gasteiger partial charge is 0.337 e. The van der Waals surface area contributed by atoms with Crippen molar-refractivity contribution in [2.24, 2.45) is 0 Å². The molecule has 0 spiro atoms. The Morgan fingerprint density at radius 3 is 2.39 bits per heavy atom. The van der Waals surface area contributed by atoms with Crippen LogP contribution in [0.3, 0.4) is 0 Å². The van der Waals surface area contributed by atoms with Crippen LogP contribution in [0.1, 0.15) is 22.8 Å². The summed E-state index contributed by atoms with van der Waals surface area (Å²) in [6.07, 6.45) is 0.416. The first-order valence-electron chi connectivity index (χ1n) is 9.55. The van der Waals surface area contributed by atoms with Gasteiger partial charge in [-0.25, -0.2) is 17.9 Å². The summed E-state index contributed by atoms with van der Waals surface area (Å²) in [6.45, 7) is 2.33. The van der Waals surface area contributed by atoms with Crippen LogP contribution in [0.4, 0.5) is 5.69 Å². The molecule has 170 valence electrons. The summed E-state index contributed by atoms with van der Waals surface area (Å²) in [5.74, 6) is -0.0872. The Bertz CT molecular complexity index is 1010. The van der Waals surface area contributed by atoms with E-state index < -0.39 is 16.0 Å². The van der Waals surface area contributed by atoms with Crippen molar-refractivity contribution < 1.29 is 32.5 Å². The molecule has 0 saturated heterocycles. The van der Waals surface area contributed by atoms with Gasteiger partial charge in [-0.2, -0.15) is 0 Å². The Morgan fingerprint density at radius 2 is 1.77 bits per heavy atom. The fraction of sp³-hybridized carbons (Fsp3) is 0.381. The van der Waals surface area contributed by atoms with Crippen LogP contribution in [-0.2, 0) is 21.2 Å². The van der Waals surface area contributed by atoms with Crippen molar-refractivity contribution in [3.05, 3.63) is 47.5 Å². The molecule has 3 N–H and O–H groups in total. The normalized spacial score (nSPS) is 12.3. The number of nitrogens with one attached hydrogen (secondary N) is 2. The predicted octanol–water partition coefficient (Wildman–Crippen LogP) is 2.37. The van der Waals surface area contributed by atoms with Gasteiger partial charge in [-0.15, -0.1) is 0 Å². The van der Waals surface area contributed by atoms with Crippen molar-refractivity contribution in [3.8, 4) is 11.5 Å². The zero-order chi connectivity index (χ0) is 23.0. The molecule has 2 rings (SSSR count). The van der Waals surface area contributed by atoms with E-state index >= 15 is 0 Å². The van der Waals surface area contributed by atoms with E-state index in [0.29, 0.717) is 30.2 Å². The second-order valence-electron chi connectivity index (χ2n) is 6.85. The highest BCUT2D eigenvalue weighted by atomic mass is 32.2. The van der Waals surface area contributed by atoms with Crippen LogP contribution in [-0.4, -0.2) is 60.0 Å². The molecule has 0 radical (unpaired) electrons. The number of aromatic carboxylic acids is 1. The van der Waals surface area contributed by atoms with Crippen LogP contribution < -0.4 is 19.5 Å². The maximum Gasteiger partial charge on any atom is 0.337 e. The lowest BCUT2D eigenvalue weighted by atomic mass is 10.1. The fourth-order valence-corrected chi connectivity index (χ4v) is 4.06. The average molecular weight is 453 g/mol. The summed E-state index contributed by atoms with van der Waals surface area (Å²) in [7, 11) is 0.714. The van der Waals surface area contributed by atoms with Gasteiger partial charge in [-0.3, -0.25) is 0 Å². The van der Waals surface area contributed by atoms with Crippen LogP contribution in [0, 0.1) is 0 Å². The van der Waals surface area contributed by atoms with Crippen LogP contribution in [0.25, 0.3) is 0 Å². The zero-order valence-electron chi connectivity index (χ0n) is 18.0. The molecule has 9 nitrogen and oxygen atoms in total. The third-order valence-electron chi connectivity index (χ3n) is 4.50. The lowest BCUT2D eigenvalue weighted by Crippen LogP contribution is -2.27. The van der Waals surface area contributed by atoms with Crippen LogP contribution in [0.2, 0.25) is 0 Å². The van der Waals surface area contributed by atoms with Gasteiger partial charge in [0.1, 0.15) is 0 Å². The molecule has 2 aromatic rings. The van der Waals surface area contributed by atoms with Crippen molar-refractivity contribution in [1.82, 2.24) is 4.72 Å². The highest BCUT2D eigenvalue weighted by Crippen LogP contribution is 2.27. The van der Waals surface area contributed by atoms with E-state index in [9.17, 15) is 18.3 Å². The summed E-state index contributed by atoms with van der Waals surface area (Å²) < 4.78 is 43.3. The molecule has 31 heavy (non-hydrogen) atoms. The van der Waals surface area contributed by atoms with Crippen molar-refractivity contribution in [2.45, 2.75) is 24.3 Å². The van der Waals surface area contributed by atoms with Crippen molar-refractivity contribution >= 4 is 21.7 Å². The molecular weight excluding hydrogens is 424 g/mol. The summed E-state index contributed by atoms with van der Waals surface area (Å²) in [4.78, 5) is 11.5. The number of methoxy groups -OCH3 is 3. The molecule has 0 bridgehead atoms. The number of carboxylic acid groups (broad SMARTS) is 1. The fourth-order valence-electron chi connectivity index (χ4n) is 3.00. The third-order valence-corrected chi connectivity index (χ3v) is 5.96. The van der Waals surface area contributed by atoms with Gasteiger partial charge in [-0.05, 0) is 49.2 Å². The van der Waals surface area contributed by atoms with E-state index in [2.05, 4.69) is 10.0 Å². The molecule has 0 aliphatic carbocycles. The first kappa shape index (κ1) is 24.4. The number of anilines is 1. The minimum atomic E-state index is -3.89. The Kier molecular flexibility index (Phi) is 8.66. The number of sulfonamides is 1. The van der Waals surface area contributed by atoms with Gasteiger partial charge in [0.2, 0.25) is 10.0 Å². The molecule has 0 aliphatic heterocycles. The Morgan fingerprint density at radius 1 is 1.06 bits per heavy atom. The molecule has 0 amide bonds. The summed E-state index contributed by atoms with van der Waals surface area (Å²) in [6, 6.07) is 9.15. The number of carbonyl (C=O) groups is 1. The third kappa shape index (κ3) is 6.58. The first-order valence-corrected chi connectivity index (χ1v) is 11.0. The first-order chi connectivity index (χ1) is 14.7. The molecule has 10 heteroatoms. The Labute approximate surface area is 182 Å². The largest absolute Gasteiger partial charge is 0.493 e. The highest BCUT2D eigenvalue weighted by Gasteiger charge is 2.19. The van der Waals surface area contributed by atoms with E-state index in [1.807, 2.05) is 13.0 Å². The minimum absolute atomic E-state index is 0.123. The lowest BCUT2D eigenvalue weighted by Gasteiger charge is -2.17. The van der Waals surface area contributed by atoms with Gasteiger partial charge >= 0.3 is 5.97 Å². The molecule has 1 atom stereocenters. The minimum Gasteiger partial charge on any atom is -0.493 e. The number of hydrogen-bond acceptors (Lipinski definition) is 7. The molecule has 1 unspecified atom stereocenters. The quantitative estimate of drug-likeness (QED) is 0.449. The van der Waals surface area contributed by atoms with E-state index in [0.717, 1.165) is 11.6 Å². The number of benzene rings is 2. The summed E-state index contributed by atoms with van der Waals surface area (Å²) >= 11 is 0. The summed E-state index contributed by atoms with van der Waals surface area (Å²) in [5.41, 5.74) is 1.05. The van der Waals surface area contributed by atoms with Gasteiger partial charge in [0.15, 0.2) is 11.5 Å². The maximum atomic E-state index is 12.7. The van der Waals surface area contributed by atoms with Crippen LogP contribution in [0.5, 0.6) is 11.5 Å². The SMILES string of the molecule is COCC(C)Nc1ccc(S(=O)(=O)NCCc2ccc(OC)c(OC)c2)cc1C(=O)O. The predicted molar refractivity (Wildman–Crippen MR) is 117 cm³/mol. The van der Waals surface area contributed by atoms with Crippen molar-refractivity contribution in [3.63, 3.8) is 0 Å². The van der Waals surface area contributed by atoms with Gasteiger partial charge in [0.05, 0.1) is 31.3 Å². The topological polar surface area (TPSA) is 123 Å². The van der Waals surface area contributed by atoms with Gasteiger partial charge in [0, 0.05) is 25.4 Å². The summed E-state index contributed by atoms with van der Waals surface area (Å²) in [5, 5.41) is 12.5. The number of ether oxygens (including phenoxy) is 3. The van der Waals surface area contributed by atoms with E-state index in [4.69, 9.17) is 14.2 Å². The standard InChI is InChI=1S/C21H28N2O7S/c1-14(13-28-2)23-18-7-6-16(12-17(18)21(24)25)31(26,27)22-10-9-15-5-8-19(29-3)20(11-15)30-4/h5-8,11-12,14,22-23H,9-10,13H2,1-4H3,(H,24,25). The maximum absolute atomic E-state index is 12.7. The number of rotatable bonds is 12. The van der Waals surface area contributed by atoms with Crippen LogP contribution in [0.15, 0.2) is 41.3 Å². The van der Waals surface area contributed by atoms with Crippen LogP contribution >= 0.6 is 0 Å². The molecular formula is C21H28N2O7S. The van der Waals surface area contributed by atoms with Crippen molar-refractivity contribution in [1.29, 1.82) is 0 Å². The second kappa shape index (κ2) is 11.0. The van der Waals surface area contributed by atoms with E-state index in [1.165, 1.54) is 26.4 Å². The molecule has 0 heterocycles. The molecule has 2 aromatic carbocycles. The highest BCUT2D eigenvalue weighted by molar-refractivity contribution is 7.89. The van der Waals surface area contributed by atoms with Gasteiger partial charge in [0.25, 0.3) is 0 Å². The van der Waals surface area contributed by atoms with E-state index in [-0.39, 0.29) is 23.0 Å². The number of carboxylic acids is 1. The van der Waals surface area contributed by atoms with E-state index in [1.54, 1.807) is 19.2 Å².